The molecular weight excluding hydrogens is 239 g/mol. The molecule has 0 bridgehead atoms. The Hall–Kier alpha value is -1.34. The highest BCUT2D eigenvalue weighted by molar-refractivity contribution is 5.13. The van der Waals surface area contributed by atoms with Gasteiger partial charge in [-0.15, -0.1) is 0 Å². The highest BCUT2D eigenvalue weighted by atomic mass is 19.4. The highest BCUT2D eigenvalue weighted by Gasteiger charge is 2.31. The van der Waals surface area contributed by atoms with Gasteiger partial charge in [0.2, 0.25) is 0 Å². The standard InChI is InChI=1S/C10H12F3NO3/c1-17-6-8(15)5-14-4-7(10(11,12)13)2-3-9(14)16/h2-4,8,15H,5-6H2,1H3. The van der Waals surface area contributed by atoms with Gasteiger partial charge in [-0.3, -0.25) is 4.79 Å². The van der Waals surface area contributed by atoms with Crippen LogP contribution in [0.15, 0.2) is 23.1 Å². The lowest BCUT2D eigenvalue weighted by Gasteiger charge is -2.13. The van der Waals surface area contributed by atoms with Gasteiger partial charge < -0.3 is 14.4 Å². The molecule has 0 radical (unpaired) electrons. The molecular formula is C10H12F3NO3. The van der Waals surface area contributed by atoms with E-state index in [9.17, 15) is 23.1 Å². The molecule has 1 N–H and O–H groups in total. The number of methoxy groups -OCH3 is 1. The van der Waals surface area contributed by atoms with E-state index in [2.05, 4.69) is 4.74 Å². The first-order valence-corrected chi connectivity index (χ1v) is 4.79. The zero-order valence-corrected chi connectivity index (χ0v) is 9.07. The van der Waals surface area contributed by atoms with Gasteiger partial charge in [0.25, 0.3) is 5.56 Å². The zero-order chi connectivity index (χ0) is 13.1. The van der Waals surface area contributed by atoms with Crippen molar-refractivity contribution in [1.29, 1.82) is 0 Å². The molecule has 0 aliphatic heterocycles. The van der Waals surface area contributed by atoms with Crippen molar-refractivity contribution in [2.24, 2.45) is 0 Å². The normalized spacial score (nSPS) is 13.7. The summed E-state index contributed by atoms with van der Waals surface area (Å²) in [5, 5.41) is 9.35. The monoisotopic (exact) mass is 251 g/mol. The van der Waals surface area contributed by atoms with Crippen LogP contribution in [-0.4, -0.2) is 29.5 Å². The van der Waals surface area contributed by atoms with Crippen molar-refractivity contribution in [3.63, 3.8) is 0 Å². The molecule has 0 aliphatic rings. The quantitative estimate of drug-likeness (QED) is 0.864. The molecule has 0 saturated heterocycles. The number of alkyl halides is 3. The van der Waals surface area contributed by atoms with Crippen LogP contribution in [0.3, 0.4) is 0 Å². The van der Waals surface area contributed by atoms with Crippen molar-refractivity contribution in [3.8, 4) is 0 Å². The van der Waals surface area contributed by atoms with Crippen LogP contribution in [0.4, 0.5) is 13.2 Å². The molecule has 1 aromatic rings. The third kappa shape index (κ3) is 3.86. The lowest BCUT2D eigenvalue weighted by Crippen LogP contribution is -2.29. The third-order valence-electron chi connectivity index (χ3n) is 2.08. The number of hydrogen-bond donors (Lipinski definition) is 1. The van der Waals surface area contributed by atoms with Crippen LogP contribution in [0, 0.1) is 0 Å². The van der Waals surface area contributed by atoms with Gasteiger partial charge >= 0.3 is 6.18 Å². The Morgan fingerprint density at radius 3 is 2.65 bits per heavy atom. The maximum Gasteiger partial charge on any atom is 0.417 e. The molecule has 1 unspecified atom stereocenters. The number of aliphatic hydroxyl groups excluding tert-OH is 1. The Bertz CT molecular complexity index is 428. The number of pyridine rings is 1. The van der Waals surface area contributed by atoms with E-state index >= 15 is 0 Å². The molecule has 0 spiro atoms. The summed E-state index contributed by atoms with van der Waals surface area (Å²) in [7, 11) is 1.35. The van der Waals surface area contributed by atoms with E-state index < -0.39 is 23.4 Å². The summed E-state index contributed by atoms with van der Waals surface area (Å²) in [6.45, 7) is -0.292. The molecule has 0 aliphatic carbocycles. The second-order valence-electron chi connectivity index (χ2n) is 3.52. The van der Waals surface area contributed by atoms with E-state index in [4.69, 9.17) is 0 Å². The Morgan fingerprint density at radius 2 is 2.12 bits per heavy atom. The first-order chi connectivity index (χ1) is 7.84. The number of hydrogen-bond acceptors (Lipinski definition) is 3. The summed E-state index contributed by atoms with van der Waals surface area (Å²) in [5.74, 6) is 0. The average Bonchev–Trinajstić information content (AvgIpc) is 2.20. The van der Waals surface area contributed by atoms with Crippen molar-refractivity contribution in [1.82, 2.24) is 4.57 Å². The molecule has 96 valence electrons. The van der Waals surface area contributed by atoms with Gasteiger partial charge in [0, 0.05) is 19.4 Å². The summed E-state index contributed by atoms with van der Waals surface area (Å²) in [5.41, 5.74) is -1.53. The maximum atomic E-state index is 12.4. The van der Waals surface area contributed by atoms with E-state index in [1.54, 1.807) is 0 Å². The van der Waals surface area contributed by atoms with Gasteiger partial charge in [-0.1, -0.05) is 0 Å². The minimum absolute atomic E-state index is 0.0529. The fraction of sp³-hybridized carbons (Fsp3) is 0.500. The van der Waals surface area contributed by atoms with Gasteiger partial charge in [-0.05, 0) is 6.07 Å². The van der Waals surface area contributed by atoms with Crippen molar-refractivity contribution in [2.45, 2.75) is 18.8 Å². The third-order valence-corrected chi connectivity index (χ3v) is 2.08. The lowest BCUT2D eigenvalue weighted by molar-refractivity contribution is -0.138. The number of ether oxygens (including phenoxy) is 1. The molecule has 0 fully saturated rings. The number of halogens is 3. The first kappa shape index (κ1) is 13.7. The zero-order valence-electron chi connectivity index (χ0n) is 9.07. The van der Waals surface area contributed by atoms with E-state index in [1.165, 1.54) is 7.11 Å². The van der Waals surface area contributed by atoms with Crippen molar-refractivity contribution in [3.05, 3.63) is 34.2 Å². The van der Waals surface area contributed by atoms with E-state index in [0.717, 1.165) is 10.6 Å². The van der Waals surface area contributed by atoms with Crippen LogP contribution in [0.5, 0.6) is 0 Å². The molecule has 4 nitrogen and oxygen atoms in total. The predicted molar refractivity (Wildman–Crippen MR) is 53.6 cm³/mol. The molecule has 1 aromatic heterocycles. The summed E-state index contributed by atoms with van der Waals surface area (Å²) in [6, 6.07) is 1.53. The van der Waals surface area contributed by atoms with E-state index in [0.29, 0.717) is 12.3 Å². The van der Waals surface area contributed by atoms with Crippen molar-refractivity contribution in [2.75, 3.05) is 13.7 Å². The lowest BCUT2D eigenvalue weighted by atomic mass is 10.2. The molecule has 1 rings (SSSR count). The number of nitrogens with zero attached hydrogens (tertiary/aromatic N) is 1. The molecule has 1 heterocycles. The smallest absolute Gasteiger partial charge is 0.389 e. The average molecular weight is 251 g/mol. The van der Waals surface area contributed by atoms with Crippen LogP contribution < -0.4 is 5.56 Å². The fourth-order valence-corrected chi connectivity index (χ4v) is 1.31. The topological polar surface area (TPSA) is 51.5 Å². The van der Waals surface area contributed by atoms with E-state index in [-0.39, 0.29) is 13.2 Å². The van der Waals surface area contributed by atoms with Gasteiger partial charge in [0.15, 0.2) is 0 Å². The van der Waals surface area contributed by atoms with Gasteiger partial charge in [0.05, 0.1) is 24.8 Å². The summed E-state index contributed by atoms with van der Waals surface area (Å²) in [4.78, 5) is 11.3. The Labute approximate surface area is 95.3 Å². The summed E-state index contributed by atoms with van der Waals surface area (Å²) in [6.07, 6.45) is -4.86. The highest BCUT2D eigenvalue weighted by Crippen LogP contribution is 2.27. The number of aromatic nitrogens is 1. The molecule has 17 heavy (non-hydrogen) atoms. The number of aliphatic hydroxyl groups is 1. The molecule has 0 aromatic carbocycles. The van der Waals surface area contributed by atoms with Crippen LogP contribution >= 0.6 is 0 Å². The predicted octanol–water partition coefficient (Wildman–Crippen LogP) is 0.874. The summed E-state index contributed by atoms with van der Waals surface area (Å²) < 4.78 is 42.6. The Balaban J connectivity index is 2.95. The second kappa shape index (κ2) is 5.33. The van der Waals surface area contributed by atoms with Gasteiger partial charge in [0.1, 0.15) is 0 Å². The number of rotatable bonds is 4. The molecule has 0 amide bonds. The van der Waals surface area contributed by atoms with Crippen LogP contribution in [-0.2, 0) is 17.5 Å². The minimum atomic E-state index is -4.51. The second-order valence-corrected chi connectivity index (χ2v) is 3.52. The molecule has 0 saturated carbocycles. The minimum Gasteiger partial charge on any atom is -0.389 e. The van der Waals surface area contributed by atoms with Crippen molar-refractivity contribution >= 4 is 0 Å². The van der Waals surface area contributed by atoms with Crippen LogP contribution in [0.2, 0.25) is 0 Å². The molecule has 1 atom stereocenters. The Morgan fingerprint density at radius 1 is 1.47 bits per heavy atom. The molecule has 7 heteroatoms. The van der Waals surface area contributed by atoms with Crippen LogP contribution in [0.1, 0.15) is 5.56 Å². The maximum absolute atomic E-state index is 12.4. The van der Waals surface area contributed by atoms with E-state index in [1.807, 2.05) is 0 Å². The van der Waals surface area contributed by atoms with Crippen LogP contribution in [0.25, 0.3) is 0 Å². The Kier molecular flexibility index (Phi) is 4.30. The fourth-order valence-electron chi connectivity index (χ4n) is 1.31. The van der Waals surface area contributed by atoms with Gasteiger partial charge in [-0.25, -0.2) is 0 Å². The largest absolute Gasteiger partial charge is 0.417 e. The first-order valence-electron chi connectivity index (χ1n) is 4.79. The summed E-state index contributed by atoms with van der Waals surface area (Å²) >= 11 is 0. The SMILES string of the molecule is COCC(O)Cn1cc(C(F)(F)F)ccc1=O. The van der Waals surface area contributed by atoms with Crippen molar-refractivity contribution < 1.29 is 23.0 Å². The van der Waals surface area contributed by atoms with Gasteiger partial charge in [-0.2, -0.15) is 13.2 Å².